The highest BCUT2D eigenvalue weighted by Gasteiger charge is 2.32. The first kappa shape index (κ1) is 33.6. The number of amides is 1. The van der Waals surface area contributed by atoms with E-state index in [-0.39, 0.29) is 24.1 Å². The van der Waals surface area contributed by atoms with E-state index in [1.165, 1.54) is 19.2 Å². The molecule has 12 heteroatoms. The Morgan fingerprint density at radius 1 is 1.11 bits per heavy atom. The van der Waals surface area contributed by atoms with Crippen LogP contribution in [-0.4, -0.2) is 73.1 Å². The minimum absolute atomic E-state index is 0.137. The highest BCUT2D eigenvalue weighted by atomic mass is 19.3. The molecule has 0 saturated heterocycles. The van der Waals surface area contributed by atoms with Crippen LogP contribution < -0.4 is 10.1 Å². The summed E-state index contributed by atoms with van der Waals surface area (Å²) >= 11 is 0. The number of nitrogens with one attached hydrogen (secondary N) is 1. The first-order chi connectivity index (χ1) is 21.3. The molecule has 0 bridgehead atoms. The molecule has 3 aromatic rings. The number of carbonyl (C=O) groups is 2. The minimum atomic E-state index is -3.17. The van der Waals surface area contributed by atoms with Crippen molar-refractivity contribution in [2.45, 2.75) is 58.6 Å². The molecule has 0 aliphatic carbocycles. The average Bonchev–Trinajstić information content (AvgIpc) is 2.99. The van der Waals surface area contributed by atoms with Gasteiger partial charge in [0.2, 0.25) is 5.82 Å². The number of rotatable bonds is 10. The van der Waals surface area contributed by atoms with Crippen LogP contribution in [0.1, 0.15) is 74.4 Å². The Hall–Kier alpha value is -4.32. The lowest BCUT2D eigenvalue weighted by Crippen LogP contribution is -2.39. The Balaban J connectivity index is 1.74. The van der Waals surface area contributed by atoms with Crippen LogP contribution in [0.5, 0.6) is 5.75 Å². The molecule has 10 nitrogen and oxygen atoms in total. The molecular weight excluding hydrogens is 586 g/mol. The lowest BCUT2D eigenvalue weighted by molar-refractivity contribution is -0.0698. The summed E-state index contributed by atoms with van der Waals surface area (Å²) in [6.07, 6.45) is 2.12. The summed E-state index contributed by atoms with van der Waals surface area (Å²) in [5.41, 5.74) is 1.96. The fourth-order valence-corrected chi connectivity index (χ4v) is 4.97. The molecule has 45 heavy (non-hydrogen) atoms. The van der Waals surface area contributed by atoms with Crippen LogP contribution in [0.3, 0.4) is 0 Å². The molecule has 2 aromatic carbocycles. The van der Waals surface area contributed by atoms with Crippen LogP contribution in [0.15, 0.2) is 42.5 Å². The van der Waals surface area contributed by atoms with E-state index in [1.807, 2.05) is 39.8 Å². The van der Waals surface area contributed by atoms with Crippen molar-refractivity contribution in [3.63, 3.8) is 0 Å². The Morgan fingerprint density at radius 3 is 2.49 bits per heavy atom. The van der Waals surface area contributed by atoms with Crippen molar-refractivity contribution in [2.24, 2.45) is 0 Å². The number of nitrogens with zero attached hydrogens (tertiary/aromatic N) is 3. The fourth-order valence-electron chi connectivity index (χ4n) is 4.97. The van der Waals surface area contributed by atoms with Crippen LogP contribution in [0, 0.1) is 0 Å². The topological polar surface area (TPSA) is 112 Å². The zero-order valence-corrected chi connectivity index (χ0v) is 26.7. The molecule has 0 unspecified atom stereocenters. The Morgan fingerprint density at radius 2 is 1.87 bits per heavy atom. The number of aromatic nitrogens is 2. The third-order valence-electron chi connectivity index (χ3n) is 7.17. The smallest absolute Gasteiger partial charge is 0.410 e. The van der Waals surface area contributed by atoms with Gasteiger partial charge < -0.3 is 29.2 Å². The summed E-state index contributed by atoms with van der Waals surface area (Å²) in [7, 11) is 2.77. The van der Waals surface area contributed by atoms with Crippen molar-refractivity contribution in [1.29, 1.82) is 0 Å². The van der Waals surface area contributed by atoms with Crippen LogP contribution in [0.2, 0.25) is 0 Å². The first-order valence-corrected chi connectivity index (χ1v) is 14.7. The molecule has 0 fully saturated rings. The summed E-state index contributed by atoms with van der Waals surface area (Å²) in [6.45, 7) is 9.17. The van der Waals surface area contributed by atoms with Gasteiger partial charge in [0.1, 0.15) is 23.8 Å². The molecule has 1 aliphatic rings. The standard InChI is InChI=1S/C33H40F2N4O6/c1-8-44-30(40)29-37-26-18-27(43-7)24(21-12-14-39(15-13-21)31(41)45-32(3,4)5)17-25(26)28(38-29)36-20(2)22-10-9-11-23(16-22)33(34,35)19-42-6/h9-12,16-18,20H,8,13-15,19H2,1-7H3,(H,36,37,38)/t20-/m1/s1. The summed E-state index contributed by atoms with van der Waals surface area (Å²) in [4.78, 5) is 35.9. The molecule has 0 radical (unpaired) electrons. The summed E-state index contributed by atoms with van der Waals surface area (Å²) in [5.74, 6) is -3.17. The number of alkyl halides is 2. The highest BCUT2D eigenvalue weighted by Crippen LogP contribution is 2.37. The van der Waals surface area contributed by atoms with E-state index in [0.717, 1.165) is 11.1 Å². The molecule has 1 N–H and O–H groups in total. The number of benzene rings is 2. The quantitative estimate of drug-likeness (QED) is 0.244. The van der Waals surface area contributed by atoms with Gasteiger partial charge in [-0.15, -0.1) is 0 Å². The molecule has 1 aliphatic heterocycles. The normalized spacial score (nSPS) is 14.5. The molecule has 2 heterocycles. The van der Waals surface area contributed by atoms with Gasteiger partial charge in [0.15, 0.2) is 0 Å². The van der Waals surface area contributed by atoms with Gasteiger partial charge in [-0.05, 0) is 64.3 Å². The SMILES string of the molecule is CCOC(=O)c1nc(N[C@H](C)c2cccc(C(F)(F)COC)c2)c2cc(C3=CCN(C(=O)OC(C)(C)C)CC3)c(OC)cc2n1. The van der Waals surface area contributed by atoms with E-state index in [2.05, 4.69) is 15.3 Å². The second-order valence-corrected chi connectivity index (χ2v) is 11.7. The maximum Gasteiger partial charge on any atom is 0.410 e. The summed E-state index contributed by atoms with van der Waals surface area (Å²) in [5, 5.41) is 3.88. The van der Waals surface area contributed by atoms with Gasteiger partial charge in [0.05, 0.1) is 19.2 Å². The number of carbonyl (C=O) groups excluding carboxylic acids is 2. The summed E-state index contributed by atoms with van der Waals surface area (Å²) in [6, 6.07) is 9.18. The summed E-state index contributed by atoms with van der Waals surface area (Å²) < 4.78 is 50.4. The number of hydrogen-bond acceptors (Lipinski definition) is 9. The number of hydrogen-bond donors (Lipinski definition) is 1. The van der Waals surface area contributed by atoms with E-state index in [9.17, 15) is 18.4 Å². The van der Waals surface area contributed by atoms with Gasteiger partial charge in [-0.1, -0.05) is 24.3 Å². The highest BCUT2D eigenvalue weighted by molar-refractivity contribution is 5.97. The van der Waals surface area contributed by atoms with Crippen molar-refractivity contribution >= 4 is 34.4 Å². The number of anilines is 1. The minimum Gasteiger partial charge on any atom is -0.496 e. The van der Waals surface area contributed by atoms with Gasteiger partial charge in [-0.2, -0.15) is 8.78 Å². The third kappa shape index (κ3) is 8.05. The van der Waals surface area contributed by atoms with Crippen LogP contribution in [0.25, 0.3) is 16.5 Å². The molecule has 4 rings (SSSR count). The predicted molar refractivity (Wildman–Crippen MR) is 167 cm³/mol. The molecule has 0 saturated carbocycles. The van der Waals surface area contributed by atoms with Crippen LogP contribution >= 0.6 is 0 Å². The number of fused-ring (bicyclic) bond motifs is 1. The number of ether oxygens (including phenoxy) is 4. The van der Waals surface area contributed by atoms with Crippen molar-refractivity contribution < 1.29 is 37.3 Å². The molecule has 1 amide bonds. The molecular formula is C33H40F2N4O6. The maximum atomic E-state index is 14.6. The van der Waals surface area contributed by atoms with Gasteiger partial charge in [-0.25, -0.2) is 19.6 Å². The predicted octanol–water partition coefficient (Wildman–Crippen LogP) is 6.75. The Kier molecular flexibility index (Phi) is 10.3. The molecule has 0 spiro atoms. The zero-order valence-electron chi connectivity index (χ0n) is 26.7. The Labute approximate surface area is 261 Å². The van der Waals surface area contributed by atoms with Crippen molar-refractivity contribution in [3.05, 3.63) is 65.0 Å². The van der Waals surface area contributed by atoms with Crippen molar-refractivity contribution in [3.8, 4) is 5.75 Å². The fraction of sp³-hybridized carbons (Fsp3) is 0.455. The van der Waals surface area contributed by atoms with Crippen molar-refractivity contribution in [2.75, 3.05) is 45.8 Å². The lowest BCUT2D eigenvalue weighted by Gasteiger charge is -2.30. The second-order valence-electron chi connectivity index (χ2n) is 11.7. The number of esters is 1. The average molecular weight is 627 g/mol. The second kappa shape index (κ2) is 13.8. The van der Waals surface area contributed by atoms with Crippen molar-refractivity contribution in [1.82, 2.24) is 14.9 Å². The Bertz CT molecular complexity index is 1590. The van der Waals surface area contributed by atoms with E-state index >= 15 is 0 Å². The number of halogens is 2. The van der Waals surface area contributed by atoms with E-state index in [4.69, 9.17) is 18.9 Å². The largest absolute Gasteiger partial charge is 0.496 e. The van der Waals surface area contributed by atoms with Gasteiger partial charge in [0.25, 0.3) is 5.92 Å². The molecule has 1 atom stereocenters. The monoisotopic (exact) mass is 626 g/mol. The number of methoxy groups -OCH3 is 2. The molecule has 242 valence electrons. The first-order valence-electron chi connectivity index (χ1n) is 14.7. The van der Waals surface area contributed by atoms with E-state index < -0.39 is 30.1 Å². The van der Waals surface area contributed by atoms with Gasteiger partial charge in [-0.3, -0.25) is 0 Å². The molecule has 1 aromatic heterocycles. The lowest BCUT2D eigenvalue weighted by atomic mass is 9.96. The van der Waals surface area contributed by atoms with Crippen LogP contribution in [-0.2, 0) is 20.1 Å². The third-order valence-corrected chi connectivity index (χ3v) is 7.17. The van der Waals surface area contributed by atoms with Gasteiger partial charge >= 0.3 is 12.1 Å². The van der Waals surface area contributed by atoms with E-state index in [0.29, 0.717) is 47.5 Å². The maximum absolute atomic E-state index is 14.6. The van der Waals surface area contributed by atoms with Crippen LogP contribution in [0.4, 0.5) is 19.4 Å². The zero-order chi connectivity index (χ0) is 32.9. The van der Waals surface area contributed by atoms with E-state index in [1.54, 1.807) is 37.1 Å². The van der Waals surface area contributed by atoms with Gasteiger partial charge in [0, 0.05) is 48.8 Å².